The van der Waals surface area contributed by atoms with Gasteiger partial charge in [0, 0.05) is 12.4 Å². The summed E-state index contributed by atoms with van der Waals surface area (Å²) in [5.41, 5.74) is 5.87. The summed E-state index contributed by atoms with van der Waals surface area (Å²) in [7, 11) is 0. The summed E-state index contributed by atoms with van der Waals surface area (Å²) in [6.45, 7) is 3.68. The molecule has 0 bridgehead atoms. The van der Waals surface area contributed by atoms with Crippen LogP contribution in [0.4, 0.5) is 26.3 Å². The molecular formula is C21H21F6N5O. The number of hydrogen-bond donors (Lipinski definition) is 3. The third-order valence-corrected chi connectivity index (χ3v) is 4.60. The molecule has 1 atom stereocenters. The summed E-state index contributed by atoms with van der Waals surface area (Å²) in [6, 6.07) is 1.17. The van der Waals surface area contributed by atoms with Crippen LogP contribution in [0.1, 0.15) is 43.1 Å². The number of amides is 1. The number of aliphatic imine (C=N–C) groups is 1. The number of primary amides is 1. The van der Waals surface area contributed by atoms with Crippen molar-refractivity contribution in [2.24, 2.45) is 10.7 Å². The molecule has 0 saturated carbocycles. The van der Waals surface area contributed by atoms with Gasteiger partial charge in [-0.2, -0.15) is 26.3 Å². The van der Waals surface area contributed by atoms with E-state index in [1.54, 1.807) is 13.0 Å². The van der Waals surface area contributed by atoms with Crippen molar-refractivity contribution in [1.29, 1.82) is 5.41 Å². The number of allylic oxidation sites excluding steroid dienone is 3. The summed E-state index contributed by atoms with van der Waals surface area (Å²) >= 11 is 0. The zero-order valence-corrected chi connectivity index (χ0v) is 17.6. The van der Waals surface area contributed by atoms with Gasteiger partial charge in [-0.1, -0.05) is 18.6 Å². The van der Waals surface area contributed by atoms with Crippen molar-refractivity contribution in [1.82, 2.24) is 10.4 Å². The molecule has 0 fully saturated rings. The Morgan fingerprint density at radius 2 is 1.76 bits per heavy atom. The zero-order valence-electron chi connectivity index (χ0n) is 17.6. The Balaban J connectivity index is 2.42. The van der Waals surface area contributed by atoms with Gasteiger partial charge in [0.2, 0.25) is 0 Å². The maximum Gasteiger partial charge on any atom is 0.416 e. The maximum absolute atomic E-state index is 13.1. The Kier molecular flexibility index (Phi) is 7.85. The van der Waals surface area contributed by atoms with Gasteiger partial charge in [-0.05, 0) is 48.8 Å². The van der Waals surface area contributed by atoms with Crippen molar-refractivity contribution in [3.8, 4) is 0 Å². The van der Waals surface area contributed by atoms with E-state index in [9.17, 15) is 31.1 Å². The Morgan fingerprint density at radius 3 is 2.21 bits per heavy atom. The largest absolute Gasteiger partial charge is 0.416 e. The van der Waals surface area contributed by atoms with Crippen LogP contribution < -0.4 is 11.2 Å². The average molecular weight is 473 g/mol. The Hall–Kier alpha value is -3.41. The highest BCUT2D eigenvalue weighted by Crippen LogP contribution is 2.38. The second kappa shape index (κ2) is 10.0. The van der Waals surface area contributed by atoms with Crippen LogP contribution in [0.15, 0.2) is 58.3 Å². The van der Waals surface area contributed by atoms with Crippen LogP contribution in [0, 0.1) is 5.41 Å². The first-order valence-electron chi connectivity index (χ1n) is 9.53. The number of hydrogen-bond acceptors (Lipinski definition) is 5. The van der Waals surface area contributed by atoms with E-state index in [-0.39, 0.29) is 17.2 Å². The van der Waals surface area contributed by atoms with E-state index in [0.717, 1.165) is 23.1 Å². The number of nitrogens with one attached hydrogen (secondary N) is 2. The SMILES string of the molecule is CC/C(C)=C/C(=C\C=N)C(=C\N1C=NC(c2cc(C(F)(F)F)cc(C(F)(F)F)c2)N1)/C(N)=O. The number of benzene rings is 1. The second-order valence-electron chi connectivity index (χ2n) is 7.08. The molecule has 0 radical (unpaired) electrons. The van der Waals surface area contributed by atoms with Crippen molar-refractivity contribution in [3.63, 3.8) is 0 Å². The number of hydrazine groups is 1. The molecular weight excluding hydrogens is 452 g/mol. The minimum absolute atomic E-state index is 0.0296. The summed E-state index contributed by atoms with van der Waals surface area (Å²) in [5, 5.41) is 8.39. The third kappa shape index (κ3) is 6.78. The Morgan fingerprint density at radius 1 is 1.18 bits per heavy atom. The summed E-state index contributed by atoms with van der Waals surface area (Å²) in [6.07, 6.45) is -4.41. The molecule has 1 heterocycles. The van der Waals surface area contributed by atoms with Crippen molar-refractivity contribution < 1.29 is 31.1 Å². The molecule has 1 amide bonds. The maximum atomic E-state index is 13.1. The smallest absolute Gasteiger partial charge is 0.366 e. The molecule has 0 saturated heterocycles. The fraction of sp³-hybridized carbons (Fsp3) is 0.286. The average Bonchev–Trinajstić information content (AvgIpc) is 3.18. The molecule has 1 aliphatic heterocycles. The predicted octanol–water partition coefficient (Wildman–Crippen LogP) is 4.87. The van der Waals surface area contributed by atoms with E-state index in [1.165, 1.54) is 12.3 Å². The predicted molar refractivity (Wildman–Crippen MR) is 111 cm³/mol. The topological polar surface area (TPSA) is 94.6 Å². The first kappa shape index (κ1) is 25.8. The molecule has 0 aromatic heterocycles. The summed E-state index contributed by atoms with van der Waals surface area (Å²) in [5.74, 6) is -0.861. The number of halogens is 6. The molecule has 178 valence electrons. The lowest BCUT2D eigenvalue weighted by Crippen LogP contribution is -2.31. The number of rotatable bonds is 7. The highest BCUT2D eigenvalue weighted by atomic mass is 19.4. The van der Waals surface area contributed by atoms with Gasteiger partial charge >= 0.3 is 12.4 Å². The van der Waals surface area contributed by atoms with Gasteiger partial charge in [0.05, 0.1) is 16.7 Å². The van der Waals surface area contributed by atoms with E-state index in [4.69, 9.17) is 11.1 Å². The van der Waals surface area contributed by atoms with Gasteiger partial charge in [0.25, 0.3) is 5.91 Å². The fourth-order valence-corrected chi connectivity index (χ4v) is 2.81. The number of carbonyl (C=O) groups is 1. The van der Waals surface area contributed by atoms with Gasteiger partial charge in [0.15, 0.2) is 0 Å². The molecule has 1 aromatic rings. The van der Waals surface area contributed by atoms with Gasteiger partial charge in [-0.25, -0.2) is 10.4 Å². The standard InChI is InChI=1S/C21H21F6N5O/c1-3-12(2)6-13(4-5-28)17(18(29)33)10-32-11-30-19(31-32)14-7-15(20(22,23)24)9-16(8-14)21(25,26)27/h4-11,19,28,31H,3H2,1-2H3,(H2,29,33)/b12-6+,13-4+,17-10+,28-5?. The Labute approximate surface area is 185 Å². The lowest BCUT2D eigenvalue weighted by atomic mass is 10.0. The first-order valence-corrected chi connectivity index (χ1v) is 9.53. The number of alkyl halides is 6. The molecule has 0 aliphatic carbocycles. The molecule has 12 heteroatoms. The monoisotopic (exact) mass is 473 g/mol. The van der Waals surface area contributed by atoms with Gasteiger partial charge in [0.1, 0.15) is 12.5 Å². The fourth-order valence-electron chi connectivity index (χ4n) is 2.81. The molecule has 1 aromatic carbocycles. The number of nitrogens with zero attached hydrogens (tertiary/aromatic N) is 2. The highest BCUT2D eigenvalue weighted by Gasteiger charge is 2.38. The van der Waals surface area contributed by atoms with Gasteiger partial charge in [-0.3, -0.25) is 9.80 Å². The molecule has 33 heavy (non-hydrogen) atoms. The van der Waals surface area contributed by atoms with Gasteiger partial charge < -0.3 is 11.1 Å². The van der Waals surface area contributed by atoms with E-state index in [1.807, 2.05) is 6.92 Å². The van der Waals surface area contributed by atoms with Crippen molar-refractivity contribution >= 4 is 18.5 Å². The lowest BCUT2D eigenvalue weighted by Gasteiger charge is -2.19. The van der Waals surface area contributed by atoms with Gasteiger partial charge in [-0.15, -0.1) is 0 Å². The van der Waals surface area contributed by atoms with E-state index in [0.29, 0.717) is 24.1 Å². The van der Waals surface area contributed by atoms with Crippen molar-refractivity contribution in [2.75, 3.05) is 0 Å². The number of nitrogens with two attached hydrogens (primary N) is 1. The van der Waals surface area contributed by atoms with Crippen molar-refractivity contribution in [3.05, 3.63) is 70.0 Å². The molecule has 6 nitrogen and oxygen atoms in total. The third-order valence-electron chi connectivity index (χ3n) is 4.60. The minimum Gasteiger partial charge on any atom is -0.366 e. The van der Waals surface area contributed by atoms with Crippen LogP contribution in [0.25, 0.3) is 0 Å². The van der Waals surface area contributed by atoms with Crippen LogP contribution in [0.2, 0.25) is 0 Å². The molecule has 1 aliphatic rings. The van der Waals surface area contributed by atoms with Crippen LogP contribution >= 0.6 is 0 Å². The van der Waals surface area contributed by atoms with Crippen LogP contribution in [0.5, 0.6) is 0 Å². The Bertz CT molecular complexity index is 1000. The summed E-state index contributed by atoms with van der Waals surface area (Å²) < 4.78 is 78.8. The van der Waals surface area contributed by atoms with Crippen LogP contribution in [-0.2, 0) is 17.1 Å². The molecule has 2 rings (SSSR count). The van der Waals surface area contributed by atoms with Crippen molar-refractivity contribution in [2.45, 2.75) is 38.8 Å². The minimum atomic E-state index is -4.99. The number of carbonyl (C=O) groups excluding carboxylic acids is 1. The van der Waals surface area contributed by atoms with Crippen LogP contribution in [0.3, 0.4) is 0 Å². The lowest BCUT2D eigenvalue weighted by molar-refractivity contribution is -0.143. The first-order chi connectivity index (χ1) is 15.3. The van der Waals surface area contributed by atoms with Crippen LogP contribution in [-0.4, -0.2) is 23.5 Å². The second-order valence-corrected chi connectivity index (χ2v) is 7.08. The zero-order chi connectivity index (χ0) is 25.0. The van der Waals surface area contributed by atoms with E-state index < -0.39 is 35.6 Å². The molecule has 4 N–H and O–H groups in total. The molecule has 0 spiro atoms. The van der Waals surface area contributed by atoms with E-state index >= 15 is 0 Å². The quantitative estimate of drug-likeness (QED) is 0.228. The normalized spacial score (nSPS) is 18.1. The highest BCUT2D eigenvalue weighted by molar-refractivity contribution is 5.98. The summed E-state index contributed by atoms with van der Waals surface area (Å²) in [4.78, 5) is 15.9. The van der Waals surface area contributed by atoms with E-state index in [2.05, 4.69) is 10.4 Å². The molecule has 1 unspecified atom stereocenters.